The van der Waals surface area contributed by atoms with Crippen LogP contribution in [0, 0.1) is 0 Å². The van der Waals surface area contributed by atoms with E-state index in [1.54, 1.807) is 24.5 Å². The summed E-state index contributed by atoms with van der Waals surface area (Å²) in [5.74, 6) is -1.38. The summed E-state index contributed by atoms with van der Waals surface area (Å²) in [4.78, 5) is 27.0. The fourth-order valence-electron chi connectivity index (χ4n) is 1.75. The first kappa shape index (κ1) is 15.6. The number of nitrogens with one attached hydrogen (secondary N) is 1. The molecule has 0 aliphatic heterocycles. The number of carbonyl (C=O) groups is 2. The number of nitrogens with zero attached hydrogens (tertiary/aromatic N) is 2. The highest BCUT2D eigenvalue weighted by Crippen LogP contribution is 2.18. The lowest BCUT2D eigenvalue weighted by molar-refractivity contribution is -0.139. The number of amides is 1. The number of rotatable bonds is 7. The summed E-state index contributed by atoms with van der Waals surface area (Å²) in [7, 11) is 1.46. The van der Waals surface area contributed by atoms with Gasteiger partial charge in [0.1, 0.15) is 6.04 Å². The summed E-state index contributed by atoms with van der Waals surface area (Å²) in [6.45, 7) is 0.219. The molecule has 116 valence electrons. The number of ether oxygens (including phenoxy) is 1. The largest absolute Gasteiger partial charge is 0.480 e. The molecule has 1 atom stereocenters. The maximum absolute atomic E-state index is 12.0. The van der Waals surface area contributed by atoms with E-state index in [4.69, 9.17) is 14.4 Å². The van der Waals surface area contributed by atoms with Crippen LogP contribution in [-0.4, -0.2) is 46.9 Å². The van der Waals surface area contributed by atoms with Gasteiger partial charge in [-0.3, -0.25) is 9.78 Å². The number of aliphatic carboxylic acids is 1. The van der Waals surface area contributed by atoms with Crippen LogP contribution in [0.1, 0.15) is 16.9 Å². The Morgan fingerprint density at radius 3 is 2.95 bits per heavy atom. The van der Waals surface area contributed by atoms with Crippen molar-refractivity contribution in [2.75, 3.05) is 13.7 Å². The highest BCUT2D eigenvalue weighted by atomic mass is 16.5. The third-order valence-electron chi connectivity index (χ3n) is 2.90. The summed E-state index contributed by atoms with van der Waals surface area (Å²) in [5, 5.41) is 15.1. The molecule has 8 nitrogen and oxygen atoms in total. The van der Waals surface area contributed by atoms with Gasteiger partial charge in [-0.15, -0.1) is 0 Å². The van der Waals surface area contributed by atoms with Crippen molar-refractivity contribution in [2.45, 2.75) is 12.5 Å². The molecule has 0 aliphatic rings. The Morgan fingerprint density at radius 1 is 1.50 bits per heavy atom. The van der Waals surface area contributed by atoms with E-state index in [0.29, 0.717) is 11.3 Å². The van der Waals surface area contributed by atoms with Crippen molar-refractivity contribution < 1.29 is 24.0 Å². The zero-order valence-corrected chi connectivity index (χ0v) is 11.9. The first-order valence-electron chi connectivity index (χ1n) is 6.51. The quantitative estimate of drug-likeness (QED) is 0.782. The van der Waals surface area contributed by atoms with E-state index < -0.39 is 17.9 Å². The molecule has 2 aromatic rings. The molecule has 8 heteroatoms. The molecule has 22 heavy (non-hydrogen) atoms. The molecule has 0 spiro atoms. The molecule has 1 amide bonds. The summed E-state index contributed by atoms with van der Waals surface area (Å²) < 4.78 is 9.89. The zero-order chi connectivity index (χ0) is 15.9. The molecule has 2 heterocycles. The Bertz CT molecular complexity index is 641. The van der Waals surface area contributed by atoms with E-state index in [1.165, 1.54) is 13.2 Å². The predicted molar refractivity (Wildman–Crippen MR) is 75.1 cm³/mol. The van der Waals surface area contributed by atoms with Gasteiger partial charge in [0.2, 0.25) is 0 Å². The minimum Gasteiger partial charge on any atom is -0.480 e. The summed E-state index contributed by atoms with van der Waals surface area (Å²) in [5.41, 5.74) is 0.672. The van der Waals surface area contributed by atoms with Crippen molar-refractivity contribution >= 4 is 11.9 Å². The number of methoxy groups -OCH3 is 1. The summed E-state index contributed by atoms with van der Waals surface area (Å²) >= 11 is 0. The van der Waals surface area contributed by atoms with Gasteiger partial charge in [0.25, 0.3) is 5.91 Å². The summed E-state index contributed by atoms with van der Waals surface area (Å²) in [6.07, 6.45) is 3.34. The molecule has 0 aromatic carbocycles. The van der Waals surface area contributed by atoms with Gasteiger partial charge in [-0.1, -0.05) is 5.16 Å². The number of aromatic nitrogens is 2. The van der Waals surface area contributed by atoms with Crippen LogP contribution in [0.5, 0.6) is 0 Å². The molecule has 0 saturated carbocycles. The Hall–Kier alpha value is -2.74. The van der Waals surface area contributed by atoms with Crippen LogP contribution in [0.3, 0.4) is 0 Å². The van der Waals surface area contributed by atoms with Gasteiger partial charge >= 0.3 is 5.97 Å². The number of carboxylic acids is 1. The standard InChI is InChI=1S/C14H15N3O5/c1-21-6-4-10(14(19)20)16-13(18)11-7-12(22-17-11)9-3-2-5-15-8-9/h2-3,5,7-8,10H,4,6H2,1H3,(H,16,18)(H,19,20). The van der Waals surface area contributed by atoms with Gasteiger partial charge in [-0.2, -0.15) is 0 Å². The van der Waals surface area contributed by atoms with Crippen LogP contribution in [0.4, 0.5) is 0 Å². The number of carbonyl (C=O) groups excluding carboxylic acids is 1. The van der Waals surface area contributed by atoms with E-state index in [0.717, 1.165) is 0 Å². The second kappa shape index (κ2) is 7.32. The molecule has 2 N–H and O–H groups in total. The fourth-order valence-corrected chi connectivity index (χ4v) is 1.75. The summed E-state index contributed by atoms with van der Waals surface area (Å²) in [6, 6.07) is 3.86. The lowest BCUT2D eigenvalue weighted by Gasteiger charge is -2.12. The monoisotopic (exact) mass is 305 g/mol. The SMILES string of the molecule is COCCC(NC(=O)c1cc(-c2cccnc2)on1)C(=O)O. The van der Waals surface area contributed by atoms with Crippen molar-refractivity contribution in [1.29, 1.82) is 0 Å². The minimum absolute atomic E-state index is 0.00233. The normalized spacial score (nSPS) is 11.9. The molecule has 0 radical (unpaired) electrons. The number of carboxylic acid groups (broad SMARTS) is 1. The van der Waals surface area contributed by atoms with Gasteiger partial charge in [0.15, 0.2) is 11.5 Å². The van der Waals surface area contributed by atoms with E-state index in [9.17, 15) is 9.59 Å². The van der Waals surface area contributed by atoms with Crippen LogP contribution in [0.25, 0.3) is 11.3 Å². The maximum atomic E-state index is 12.0. The molecule has 0 bridgehead atoms. The van der Waals surface area contributed by atoms with Crippen LogP contribution in [-0.2, 0) is 9.53 Å². The Kier molecular flexibility index (Phi) is 5.21. The van der Waals surface area contributed by atoms with E-state index in [1.807, 2.05) is 0 Å². The molecule has 2 rings (SSSR count). The van der Waals surface area contributed by atoms with Crippen molar-refractivity contribution in [3.8, 4) is 11.3 Å². The third kappa shape index (κ3) is 3.89. The van der Waals surface area contributed by atoms with Crippen molar-refractivity contribution in [3.05, 3.63) is 36.3 Å². The first-order valence-corrected chi connectivity index (χ1v) is 6.51. The topological polar surface area (TPSA) is 115 Å². The number of pyridine rings is 1. The van der Waals surface area contributed by atoms with Crippen LogP contribution >= 0.6 is 0 Å². The second-order valence-electron chi connectivity index (χ2n) is 4.46. The van der Waals surface area contributed by atoms with Gasteiger partial charge in [0, 0.05) is 44.2 Å². The van der Waals surface area contributed by atoms with Crippen LogP contribution in [0.15, 0.2) is 35.1 Å². The number of hydrogen-bond donors (Lipinski definition) is 2. The Morgan fingerprint density at radius 2 is 2.32 bits per heavy atom. The minimum atomic E-state index is -1.14. The lowest BCUT2D eigenvalue weighted by Crippen LogP contribution is -2.41. The van der Waals surface area contributed by atoms with E-state index in [2.05, 4.69) is 15.5 Å². The van der Waals surface area contributed by atoms with Gasteiger partial charge < -0.3 is 19.7 Å². The van der Waals surface area contributed by atoms with Crippen molar-refractivity contribution in [1.82, 2.24) is 15.5 Å². The van der Waals surface area contributed by atoms with E-state index >= 15 is 0 Å². The average Bonchev–Trinajstić information content (AvgIpc) is 3.02. The van der Waals surface area contributed by atoms with Crippen molar-refractivity contribution in [3.63, 3.8) is 0 Å². The second-order valence-corrected chi connectivity index (χ2v) is 4.46. The molecular weight excluding hydrogens is 290 g/mol. The van der Waals surface area contributed by atoms with Gasteiger partial charge in [0.05, 0.1) is 0 Å². The first-order chi connectivity index (χ1) is 10.6. The predicted octanol–water partition coefficient (Wildman–Crippen LogP) is 0.956. The molecule has 1 unspecified atom stereocenters. The smallest absolute Gasteiger partial charge is 0.326 e. The maximum Gasteiger partial charge on any atom is 0.326 e. The molecule has 0 saturated heterocycles. The van der Waals surface area contributed by atoms with Crippen LogP contribution in [0.2, 0.25) is 0 Å². The molecule has 2 aromatic heterocycles. The van der Waals surface area contributed by atoms with Gasteiger partial charge in [-0.25, -0.2) is 4.79 Å². The fraction of sp³-hybridized carbons (Fsp3) is 0.286. The van der Waals surface area contributed by atoms with Crippen molar-refractivity contribution in [2.24, 2.45) is 0 Å². The highest BCUT2D eigenvalue weighted by molar-refractivity contribution is 5.95. The average molecular weight is 305 g/mol. The highest BCUT2D eigenvalue weighted by Gasteiger charge is 2.22. The Labute approximate surface area is 126 Å². The Balaban J connectivity index is 2.06. The molecular formula is C14H15N3O5. The number of hydrogen-bond acceptors (Lipinski definition) is 6. The molecule has 0 fully saturated rings. The van der Waals surface area contributed by atoms with E-state index in [-0.39, 0.29) is 18.7 Å². The van der Waals surface area contributed by atoms with Gasteiger partial charge in [-0.05, 0) is 12.1 Å². The zero-order valence-electron chi connectivity index (χ0n) is 11.9. The van der Waals surface area contributed by atoms with Crippen LogP contribution < -0.4 is 5.32 Å². The molecule has 0 aliphatic carbocycles. The lowest BCUT2D eigenvalue weighted by atomic mass is 10.2. The third-order valence-corrected chi connectivity index (χ3v) is 2.90.